The lowest BCUT2D eigenvalue weighted by atomic mass is 10.1. The summed E-state index contributed by atoms with van der Waals surface area (Å²) in [7, 11) is -1.20. The van der Waals surface area contributed by atoms with Crippen LogP contribution in [0, 0.1) is 0 Å². The zero-order valence-electron chi connectivity index (χ0n) is 24.5. The van der Waals surface area contributed by atoms with Gasteiger partial charge in [-0.05, 0) is 79.9 Å². The number of halogens is 1. The van der Waals surface area contributed by atoms with E-state index in [0.717, 1.165) is 9.87 Å². The van der Waals surface area contributed by atoms with Crippen molar-refractivity contribution in [1.82, 2.24) is 10.2 Å². The van der Waals surface area contributed by atoms with E-state index in [0.29, 0.717) is 29.4 Å². The summed E-state index contributed by atoms with van der Waals surface area (Å²) in [5.41, 5.74) is 0.940. The second kappa shape index (κ2) is 14.9. The third-order valence-corrected chi connectivity index (χ3v) is 8.92. The molecule has 0 aliphatic rings. The first-order valence-electron chi connectivity index (χ1n) is 13.7. The van der Waals surface area contributed by atoms with Crippen LogP contribution in [0.3, 0.4) is 0 Å². The van der Waals surface area contributed by atoms with Gasteiger partial charge in [-0.1, -0.05) is 43.6 Å². The number of carbonyl (C=O) groups excluding carboxylic acids is 2. The van der Waals surface area contributed by atoms with Gasteiger partial charge >= 0.3 is 0 Å². The van der Waals surface area contributed by atoms with E-state index in [1.165, 1.54) is 42.3 Å². The average Bonchev–Trinajstić information content (AvgIpc) is 2.99. The molecule has 2 atom stereocenters. The van der Waals surface area contributed by atoms with E-state index in [1.807, 2.05) is 26.8 Å². The van der Waals surface area contributed by atoms with Crippen LogP contribution in [0.25, 0.3) is 0 Å². The van der Waals surface area contributed by atoms with Crippen molar-refractivity contribution in [3.8, 4) is 11.5 Å². The first kappa shape index (κ1) is 32.8. The van der Waals surface area contributed by atoms with Crippen LogP contribution in [0.1, 0.15) is 39.2 Å². The molecule has 0 saturated heterocycles. The molecule has 0 aromatic heterocycles. The number of methoxy groups -OCH3 is 2. The number of carbonyl (C=O) groups is 2. The number of amides is 2. The van der Waals surface area contributed by atoms with Crippen LogP contribution >= 0.6 is 11.6 Å². The van der Waals surface area contributed by atoms with Crippen LogP contribution in [-0.4, -0.2) is 58.0 Å². The van der Waals surface area contributed by atoms with Crippen molar-refractivity contribution in [1.29, 1.82) is 0 Å². The first-order chi connectivity index (χ1) is 20.0. The van der Waals surface area contributed by atoms with Crippen LogP contribution in [-0.2, 0) is 26.2 Å². The van der Waals surface area contributed by atoms with Gasteiger partial charge in [-0.3, -0.25) is 13.9 Å². The number of hydrogen-bond acceptors (Lipinski definition) is 6. The second-order valence-electron chi connectivity index (χ2n) is 9.78. The summed E-state index contributed by atoms with van der Waals surface area (Å²) in [6.45, 7) is 5.16. The molecule has 0 radical (unpaired) electrons. The molecule has 0 spiro atoms. The highest BCUT2D eigenvalue weighted by Gasteiger charge is 2.34. The monoisotopic (exact) mass is 615 g/mol. The van der Waals surface area contributed by atoms with E-state index in [9.17, 15) is 18.0 Å². The molecule has 9 nitrogen and oxygen atoms in total. The summed E-state index contributed by atoms with van der Waals surface area (Å²) in [4.78, 5) is 28.9. The van der Waals surface area contributed by atoms with Gasteiger partial charge in [0, 0.05) is 17.6 Å². The molecule has 42 heavy (non-hydrogen) atoms. The van der Waals surface area contributed by atoms with Gasteiger partial charge < -0.3 is 19.7 Å². The van der Waals surface area contributed by atoms with E-state index in [2.05, 4.69) is 5.32 Å². The van der Waals surface area contributed by atoms with Crippen molar-refractivity contribution in [2.75, 3.05) is 25.1 Å². The first-order valence-corrected chi connectivity index (χ1v) is 15.5. The maximum absolute atomic E-state index is 14.2. The number of anilines is 1. The minimum atomic E-state index is -4.23. The van der Waals surface area contributed by atoms with Crippen molar-refractivity contribution in [2.24, 2.45) is 0 Å². The predicted molar refractivity (Wildman–Crippen MR) is 164 cm³/mol. The SMILES string of the molecule is CC[C@H](C(=O)N[C@@H](C)CC)N(Cc1cccc(OC)c1)C(=O)CN(c1cccc(Cl)c1)S(=O)(=O)c1ccc(OC)cc1. The Kier molecular flexibility index (Phi) is 11.6. The third-order valence-electron chi connectivity index (χ3n) is 6.90. The minimum absolute atomic E-state index is 0.0306. The van der Waals surface area contributed by atoms with Crippen LogP contribution in [0.5, 0.6) is 11.5 Å². The normalized spacial score (nSPS) is 12.6. The molecule has 3 aromatic carbocycles. The minimum Gasteiger partial charge on any atom is -0.497 e. The van der Waals surface area contributed by atoms with Gasteiger partial charge in [0.15, 0.2) is 0 Å². The summed E-state index contributed by atoms with van der Waals surface area (Å²) in [6.07, 6.45) is 1.04. The van der Waals surface area contributed by atoms with Gasteiger partial charge in [0.1, 0.15) is 24.1 Å². The molecule has 0 bridgehead atoms. The Morgan fingerprint density at radius 1 is 0.905 bits per heavy atom. The molecule has 0 heterocycles. The Morgan fingerprint density at radius 3 is 2.17 bits per heavy atom. The number of sulfonamides is 1. The average molecular weight is 616 g/mol. The lowest BCUT2D eigenvalue weighted by Gasteiger charge is -2.33. The van der Waals surface area contributed by atoms with Crippen LogP contribution < -0.4 is 19.1 Å². The topological polar surface area (TPSA) is 105 Å². The Labute approximate surface area is 253 Å². The molecule has 2 amide bonds. The van der Waals surface area contributed by atoms with E-state index in [4.69, 9.17) is 21.1 Å². The molecular formula is C31H38ClN3O6S. The number of hydrogen-bond donors (Lipinski definition) is 1. The number of benzene rings is 3. The Morgan fingerprint density at radius 2 is 1.57 bits per heavy atom. The van der Waals surface area contributed by atoms with Gasteiger partial charge in [0.25, 0.3) is 10.0 Å². The molecule has 0 unspecified atom stereocenters. The van der Waals surface area contributed by atoms with Gasteiger partial charge in [0.2, 0.25) is 11.8 Å². The molecule has 0 aliphatic heterocycles. The molecule has 0 fully saturated rings. The van der Waals surface area contributed by atoms with Gasteiger partial charge in [0.05, 0.1) is 24.8 Å². The third kappa shape index (κ3) is 8.17. The van der Waals surface area contributed by atoms with Crippen LogP contribution in [0.4, 0.5) is 5.69 Å². The summed E-state index contributed by atoms with van der Waals surface area (Å²) in [6, 6.07) is 18.4. The smallest absolute Gasteiger partial charge is 0.264 e. The van der Waals surface area contributed by atoms with Crippen molar-refractivity contribution in [3.05, 3.63) is 83.4 Å². The van der Waals surface area contributed by atoms with E-state index in [1.54, 1.807) is 43.5 Å². The fraction of sp³-hybridized carbons (Fsp3) is 0.355. The standard InChI is InChI=1S/C31H38ClN3O6S/c1-6-22(3)33-31(37)29(7-2)34(20-23-10-8-13-27(18-23)41-5)30(36)21-35(25-12-9-11-24(32)19-25)42(38,39)28-16-14-26(40-4)15-17-28/h8-19,22,29H,6-7,20-21H2,1-5H3,(H,33,37)/t22-,29+/m0/s1. The molecular weight excluding hydrogens is 578 g/mol. The predicted octanol–water partition coefficient (Wildman–Crippen LogP) is 5.27. The summed E-state index contributed by atoms with van der Waals surface area (Å²) in [5.74, 6) is 0.220. The summed E-state index contributed by atoms with van der Waals surface area (Å²) < 4.78 is 39.5. The summed E-state index contributed by atoms with van der Waals surface area (Å²) >= 11 is 6.24. The van der Waals surface area contributed by atoms with E-state index in [-0.39, 0.29) is 29.1 Å². The maximum atomic E-state index is 14.2. The number of nitrogens with zero attached hydrogens (tertiary/aromatic N) is 2. The lowest BCUT2D eigenvalue weighted by Crippen LogP contribution is -2.53. The molecule has 3 aromatic rings. The summed E-state index contributed by atoms with van der Waals surface area (Å²) in [5, 5.41) is 3.27. The van der Waals surface area contributed by atoms with Crippen molar-refractivity contribution in [2.45, 2.75) is 57.1 Å². The van der Waals surface area contributed by atoms with E-state index < -0.39 is 28.5 Å². The van der Waals surface area contributed by atoms with Crippen molar-refractivity contribution < 1.29 is 27.5 Å². The second-order valence-corrected chi connectivity index (χ2v) is 12.1. The fourth-order valence-electron chi connectivity index (χ4n) is 4.36. The molecule has 11 heteroatoms. The fourth-order valence-corrected chi connectivity index (χ4v) is 5.95. The zero-order valence-corrected chi connectivity index (χ0v) is 26.1. The van der Waals surface area contributed by atoms with E-state index >= 15 is 0 Å². The van der Waals surface area contributed by atoms with Gasteiger partial charge in [-0.2, -0.15) is 0 Å². The lowest BCUT2D eigenvalue weighted by molar-refractivity contribution is -0.140. The molecule has 1 N–H and O–H groups in total. The van der Waals surface area contributed by atoms with Crippen molar-refractivity contribution in [3.63, 3.8) is 0 Å². The number of rotatable bonds is 14. The Hall–Kier alpha value is -3.76. The molecule has 226 valence electrons. The molecule has 0 aliphatic carbocycles. The highest BCUT2D eigenvalue weighted by atomic mass is 35.5. The highest BCUT2D eigenvalue weighted by molar-refractivity contribution is 7.92. The van der Waals surface area contributed by atoms with Crippen molar-refractivity contribution >= 4 is 39.1 Å². The Balaban J connectivity index is 2.07. The quantitative estimate of drug-likeness (QED) is 0.265. The van der Waals surface area contributed by atoms with Crippen LogP contribution in [0.2, 0.25) is 5.02 Å². The molecule has 0 saturated carbocycles. The highest BCUT2D eigenvalue weighted by Crippen LogP contribution is 2.28. The maximum Gasteiger partial charge on any atom is 0.264 e. The van der Waals surface area contributed by atoms with Crippen LogP contribution in [0.15, 0.2) is 77.7 Å². The van der Waals surface area contributed by atoms with Gasteiger partial charge in [-0.15, -0.1) is 0 Å². The Bertz CT molecular complexity index is 1470. The number of nitrogens with one attached hydrogen (secondary N) is 1. The van der Waals surface area contributed by atoms with Gasteiger partial charge in [-0.25, -0.2) is 8.42 Å². The zero-order chi connectivity index (χ0) is 30.9. The largest absolute Gasteiger partial charge is 0.497 e. The molecule has 3 rings (SSSR count). The number of ether oxygens (including phenoxy) is 2.